The first-order valence-electron chi connectivity index (χ1n) is 5.86. The summed E-state index contributed by atoms with van der Waals surface area (Å²) >= 11 is 0. The maximum atomic E-state index is 5.49. The number of rotatable bonds is 4. The summed E-state index contributed by atoms with van der Waals surface area (Å²) in [7, 11) is 0. The number of nitrogens with two attached hydrogens (primary N) is 1. The fraction of sp³-hybridized carbons (Fsp3) is 0.357. The second kappa shape index (κ2) is 5.08. The maximum Gasteiger partial charge on any atom is 0.0705 e. The van der Waals surface area contributed by atoms with Crippen LogP contribution >= 0.6 is 0 Å². The van der Waals surface area contributed by atoms with E-state index in [1.807, 2.05) is 6.92 Å². The van der Waals surface area contributed by atoms with Crippen LogP contribution in [0.4, 0.5) is 0 Å². The summed E-state index contributed by atoms with van der Waals surface area (Å²) in [6.45, 7) is 2.81. The number of hydrogen-bond acceptors (Lipinski definition) is 2. The predicted molar refractivity (Wildman–Crippen MR) is 68.5 cm³/mol. The third kappa shape index (κ3) is 2.58. The summed E-state index contributed by atoms with van der Waals surface area (Å²) in [5.41, 5.74) is 9.03. The van der Waals surface area contributed by atoms with Gasteiger partial charge in [-0.25, -0.2) is 0 Å². The molecule has 0 aliphatic heterocycles. The normalized spacial score (nSPS) is 10.9. The number of aryl methyl sites for hydroxylation is 2. The second-order valence-corrected chi connectivity index (χ2v) is 4.23. The number of unbranched alkanes of at least 4 members (excludes halogenated alkanes) is 1. The lowest BCUT2D eigenvalue weighted by molar-refractivity contribution is 0.745. The molecule has 0 atom stereocenters. The van der Waals surface area contributed by atoms with E-state index in [1.165, 1.54) is 17.4 Å². The zero-order chi connectivity index (χ0) is 11.4. The highest BCUT2D eigenvalue weighted by Crippen LogP contribution is 2.16. The molecule has 0 radical (unpaired) electrons. The Labute approximate surface area is 96.5 Å². The van der Waals surface area contributed by atoms with E-state index in [0.717, 1.165) is 30.6 Å². The molecule has 2 nitrogen and oxygen atoms in total. The highest BCUT2D eigenvalue weighted by Gasteiger charge is 1.98. The molecule has 0 fully saturated rings. The molecular formula is C14H18N2. The van der Waals surface area contributed by atoms with E-state index in [0.29, 0.717) is 0 Å². The van der Waals surface area contributed by atoms with Gasteiger partial charge in [0.25, 0.3) is 0 Å². The molecule has 0 saturated heterocycles. The number of nitrogens with zero attached hydrogens (tertiary/aromatic N) is 1. The summed E-state index contributed by atoms with van der Waals surface area (Å²) in [4.78, 5) is 4.49. The molecule has 0 unspecified atom stereocenters. The largest absolute Gasteiger partial charge is 0.330 e. The number of hydrogen-bond donors (Lipinski definition) is 1. The van der Waals surface area contributed by atoms with Crippen molar-refractivity contribution < 1.29 is 0 Å². The van der Waals surface area contributed by atoms with Gasteiger partial charge in [-0.2, -0.15) is 0 Å². The zero-order valence-corrected chi connectivity index (χ0v) is 9.74. The topological polar surface area (TPSA) is 38.9 Å². The van der Waals surface area contributed by atoms with E-state index in [4.69, 9.17) is 5.73 Å². The minimum Gasteiger partial charge on any atom is -0.330 e. The second-order valence-electron chi connectivity index (χ2n) is 4.23. The van der Waals surface area contributed by atoms with Crippen molar-refractivity contribution in [3.63, 3.8) is 0 Å². The van der Waals surface area contributed by atoms with Crippen LogP contribution < -0.4 is 5.73 Å². The van der Waals surface area contributed by atoms with Crippen LogP contribution in [-0.4, -0.2) is 11.5 Å². The number of pyridine rings is 1. The van der Waals surface area contributed by atoms with E-state index in [9.17, 15) is 0 Å². The molecule has 2 rings (SSSR count). The van der Waals surface area contributed by atoms with E-state index in [1.54, 1.807) is 0 Å². The van der Waals surface area contributed by atoms with Crippen molar-refractivity contribution in [3.05, 3.63) is 41.6 Å². The first-order valence-corrected chi connectivity index (χ1v) is 5.86. The Kier molecular flexibility index (Phi) is 3.52. The van der Waals surface area contributed by atoms with E-state index < -0.39 is 0 Å². The van der Waals surface area contributed by atoms with Crippen LogP contribution in [-0.2, 0) is 6.42 Å². The average Bonchev–Trinajstić information content (AvgIpc) is 2.29. The van der Waals surface area contributed by atoms with Crippen molar-refractivity contribution in [1.82, 2.24) is 4.98 Å². The van der Waals surface area contributed by atoms with Gasteiger partial charge in [-0.15, -0.1) is 0 Å². The van der Waals surface area contributed by atoms with Crippen molar-refractivity contribution in [3.8, 4) is 0 Å². The minimum atomic E-state index is 0.786. The van der Waals surface area contributed by atoms with Gasteiger partial charge in [0.2, 0.25) is 0 Å². The molecular weight excluding hydrogens is 196 g/mol. The minimum absolute atomic E-state index is 0.786. The van der Waals surface area contributed by atoms with Crippen LogP contribution in [0.15, 0.2) is 30.3 Å². The summed E-state index contributed by atoms with van der Waals surface area (Å²) in [6, 6.07) is 10.7. The Hall–Kier alpha value is -1.41. The molecule has 0 aliphatic carbocycles. The number of benzene rings is 1. The summed E-state index contributed by atoms with van der Waals surface area (Å²) in [5.74, 6) is 0. The van der Waals surface area contributed by atoms with Crippen molar-refractivity contribution in [2.45, 2.75) is 26.2 Å². The van der Waals surface area contributed by atoms with Crippen LogP contribution in [0.3, 0.4) is 0 Å². The quantitative estimate of drug-likeness (QED) is 0.795. The van der Waals surface area contributed by atoms with Gasteiger partial charge in [-0.3, -0.25) is 4.98 Å². The van der Waals surface area contributed by atoms with Gasteiger partial charge in [0.1, 0.15) is 0 Å². The first-order chi connectivity index (χ1) is 7.79. The van der Waals surface area contributed by atoms with Crippen LogP contribution in [0.25, 0.3) is 10.9 Å². The van der Waals surface area contributed by atoms with Crippen LogP contribution in [0.1, 0.15) is 24.1 Å². The fourth-order valence-corrected chi connectivity index (χ4v) is 1.91. The average molecular weight is 214 g/mol. The molecule has 84 valence electrons. The molecule has 0 spiro atoms. The Balaban J connectivity index is 2.20. The SMILES string of the molecule is Cc1ccc2cc(CCCCN)ccc2n1. The molecule has 2 N–H and O–H groups in total. The Bertz CT molecular complexity index is 477. The molecule has 1 aromatic carbocycles. The smallest absolute Gasteiger partial charge is 0.0705 e. The van der Waals surface area contributed by atoms with Crippen molar-refractivity contribution in [2.24, 2.45) is 5.73 Å². The first kappa shape index (κ1) is 11.1. The van der Waals surface area contributed by atoms with Gasteiger partial charge in [-0.05, 0) is 56.5 Å². The van der Waals surface area contributed by atoms with E-state index in [-0.39, 0.29) is 0 Å². The van der Waals surface area contributed by atoms with Gasteiger partial charge >= 0.3 is 0 Å². The predicted octanol–water partition coefficient (Wildman–Crippen LogP) is 2.82. The summed E-state index contributed by atoms with van der Waals surface area (Å²) in [6.07, 6.45) is 3.38. The van der Waals surface area contributed by atoms with Crippen molar-refractivity contribution in [2.75, 3.05) is 6.54 Å². The zero-order valence-electron chi connectivity index (χ0n) is 9.74. The highest BCUT2D eigenvalue weighted by molar-refractivity contribution is 5.79. The van der Waals surface area contributed by atoms with Gasteiger partial charge in [0.05, 0.1) is 5.52 Å². The van der Waals surface area contributed by atoms with Crippen LogP contribution in [0.2, 0.25) is 0 Å². The summed E-state index contributed by atoms with van der Waals surface area (Å²) < 4.78 is 0. The monoisotopic (exact) mass is 214 g/mol. The number of aromatic nitrogens is 1. The van der Waals surface area contributed by atoms with Crippen molar-refractivity contribution in [1.29, 1.82) is 0 Å². The third-order valence-corrected chi connectivity index (χ3v) is 2.81. The lowest BCUT2D eigenvalue weighted by atomic mass is 10.1. The standard InChI is InChI=1S/C14H18N2/c1-11-5-7-13-10-12(4-2-3-9-15)6-8-14(13)16-11/h5-8,10H,2-4,9,15H2,1H3. The lowest BCUT2D eigenvalue weighted by Crippen LogP contribution is -1.99. The number of fused-ring (bicyclic) bond motifs is 1. The molecule has 0 amide bonds. The Morgan fingerprint density at radius 1 is 1.12 bits per heavy atom. The molecule has 0 bridgehead atoms. The lowest BCUT2D eigenvalue weighted by Gasteiger charge is -2.03. The summed E-state index contributed by atoms with van der Waals surface area (Å²) in [5, 5.41) is 1.23. The highest BCUT2D eigenvalue weighted by atomic mass is 14.7. The Morgan fingerprint density at radius 2 is 2.00 bits per heavy atom. The van der Waals surface area contributed by atoms with E-state index >= 15 is 0 Å². The molecule has 16 heavy (non-hydrogen) atoms. The molecule has 2 aromatic rings. The van der Waals surface area contributed by atoms with Gasteiger partial charge in [0.15, 0.2) is 0 Å². The molecule has 1 heterocycles. The molecule has 0 saturated carbocycles. The third-order valence-electron chi connectivity index (χ3n) is 2.81. The molecule has 0 aliphatic rings. The van der Waals surface area contributed by atoms with Crippen molar-refractivity contribution >= 4 is 10.9 Å². The maximum absolute atomic E-state index is 5.49. The van der Waals surface area contributed by atoms with Crippen LogP contribution in [0.5, 0.6) is 0 Å². The molecule has 2 heteroatoms. The Morgan fingerprint density at radius 3 is 2.81 bits per heavy atom. The van der Waals surface area contributed by atoms with Gasteiger partial charge in [0, 0.05) is 11.1 Å². The van der Waals surface area contributed by atoms with Crippen LogP contribution in [0, 0.1) is 6.92 Å². The molecule has 1 aromatic heterocycles. The van der Waals surface area contributed by atoms with E-state index in [2.05, 4.69) is 35.3 Å². The van der Waals surface area contributed by atoms with Gasteiger partial charge < -0.3 is 5.73 Å². The fourth-order valence-electron chi connectivity index (χ4n) is 1.91. The van der Waals surface area contributed by atoms with Gasteiger partial charge in [-0.1, -0.05) is 12.1 Å².